The van der Waals surface area contributed by atoms with Crippen molar-refractivity contribution in [3.63, 3.8) is 0 Å². The summed E-state index contributed by atoms with van der Waals surface area (Å²) in [6.45, 7) is 0. The van der Waals surface area contributed by atoms with Gasteiger partial charge in [0, 0.05) is 47.0 Å². The van der Waals surface area contributed by atoms with E-state index in [1.807, 2.05) is 22.7 Å². The van der Waals surface area contributed by atoms with Crippen LogP contribution < -0.4 is 4.90 Å². The van der Waals surface area contributed by atoms with Crippen molar-refractivity contribution in [2.24, 2.45) is 0 Å². The summed E-state index contributed by atoms with van der Waals surface area (Å²) in [5.74, 6) is 0. The third-order valence-corrected chi connectivity index (χ3v) is 11.8. The quantitative estimate of drug-likeness (QED) is 0.174. The van der Waals surface area contributed by atoms with E-state index in [1.54, 1.807) is 0 Å². The highest BCUT2D eigenvalue weighted by Gasteiger charge is 2.19. The molecular formula is C44H27NS2. The zero-order chi connectivity index (χ0) is 30.9. The average molecular weight is 634 g/mol. The van der Waals surface area contributed by atoms with E-state index in [0.29, 0.717) is 0 Å². The van der Waals surface area contributed by atoms with Crippen LogP contribution in [0.5, 0.6) is 0 Å². The number of hydrogen-bond acceptors (Lipinski definition) is 3. The van der Waals surface area contributed by atoms with E-state index in [2.05, 4.69) is 169 Å². The number of nitrogens with zero attached hydrogens (tertiary/aromatic N) is 1. The Balaban J connectivity index is 1.19. The van der Waals surface area contributed by atoms with Crippen molar-refractivity contribution in [1.29, 1.82) is 0 Å². The fraction of sp³-hybridized carbons (Fsp3) is 0. The Hall–Kier alpha value is -5.48. The van der Waals surface area contributed by atoms with Crippen LogP contribution in [0.4, 0.5) is 17.1 Å². The molecule has 2 aromatic heterocycles. The lowest BCUT2D eigenvalue weighted by Crippen LogP contribution is -2.10. The number of rotatable bonds is 4. The third-order valence-electron chi connectivity index (χ3n) is 9.45. The minimum Gasteiger partial charge on any atom is -0.309 e. The lowest BCUT2D eigenvalue weighted by molar-refractivity contribution is 1.31. The van der Waals surface area contributed by atoms with Gasteiger partial charge in [0.15, 0.2) is 0 Å². The molecule has 0 radical (unpaired) electrons. The molecule has 47 heavy (non-hydrogen) atoms. The topological polar surface area (TPSA) is 3.24 Å². The Morgan fingerprint density at radius 3 is 1.85 bits per heavy atom. The van der Waals surface area contributed by atoms with Gasteiger partial charge in [-0.2, -0.15) is 0 Å². The molecule has 0 unspecified atom stereocenters. The van der Waals surface area contributed by atoms with E-state index in [0.717, 1.165) is 11.4 Å². The van der Waals surface area contributed by atoms with Crippen LogP contribution in [0.1, 0.15) is 0 Å². The van der Waals surface area contributed by atoms with E-state index in [9.17, 15) is 0 Å². The second-order valence-electron chi connectivity index (χ2n) is 12.1. The molecular weight excluding hydrogens is 607 g/mol. The molecule has 0 saturated heterocycles. The SMILES string of the molecule is c1ccc2c(c1)ccc1ccc(N(c3ccc(-c4cccc5sc6ccccc6c45)cc3)c3cccc4c3sc3ccccc34)cc12. The zero-order valence-corrected chi connectivity index (χ0v) is 27.0. The summed E-state index contributed by atoms with van der Waals surface area (Å²) in [7, 11) is 0. The highest BCUT2D eigenvalue weighted by molar-refractivity contribution is 7.26. The molecule has 3 heteroatoms. The van der Waals surface area contributed by atoms with Crippen molar-refractivity contribution in [2.45, 2.75) is 0 Å². The fourth-order valence-corrected chi connectivity index (χ4v) is 9.61. The van der Waals surface area contributed by atoms with Gasteiger partial charge in [0.2, 0.25) is 0 Å². The van der Waals surface area contributed by atoms with Crippen LogP contribution in [0.3, 0.4) is 0 Å². The fourth-order valence-electron chi connectivity index (χ4n) is 7.27. The van der Waals surface area contributed by atoms with Crippen LogP contribution >= 0.6 is 22.7 Å². The van der Waals surface area contributed by atoms with Gasteiger partial charge in [-0.05, 0) is 81.2 Å². The Morgan fingerprint density at radius 2 is 1.00 bits per heavy atom. The summed E-state index contributed by atoms with van der Waals surface area (Å²) >= 11 is 3.75. The average Bonchev–Trinajstić information content (AvgIpc) is 3.71. The predicted octanol–water partition coefficient (Wildman–Crippen LogP) is 13.9. The maximum absolute atomic E-state index is 2.45. The summed E-state index contributed by atoms with van der Waals surface area (Å²) in [4.78, 5) is 2.45. The van der Waals surface area contributed by atoms with Gasteiger partial charge in [-0.25, -0.2) is 0 Å². The maximum atomic E-state index is 2.45. The van der Waals surface area contributed by atoms with Crippen LogP contribution in [0, 0.1) is 0 Å². The number of benzene rings is 8. The first kappa shape index (κ1) is 26.7. The minimum absolute atomic E-state index is 1.14. The number of hydrogen-bond donors (Lipinski definition) is 0. The van der Waals surface area contributed by atoms with Gasteiger partial charge in [-0.3, -0.25) is 0 Å². The van der Waals surface area contributed by atoms with Gasteiger partial charge in [-0.1, -0.05) is 115 Å². The Labute approximate surface area is 280 Å². The summed E-state index contributed by atoms with van der Waals surface area (Å²) in [5, 5.41) is 10.3. The monoisotopic (exact) mass is 633 g/mol. The van der Waals surface area contributed by atoms with Gasteiger partial charge in [-0.15, -0.1) is 22.7 Å². The molecule has 0 spiro atoms. The molecule has 10 aromatic rings. The Kier molecular flexibility index (Phi) is 5.98. The Bertz CT molecular complexity index is 2800. The van der Waals surface area contributed by atoms with Gasteiger partial charge >= 0.3 is 0 Å². The van der Waals surface area contributed by atoms with Gasteiger partial charge in [0.05, 0.1) is 10.4 Å². The molecule has 1 nitrogen and oxygen atoms in total. The lowest BCUT2D eigenvalue weighted by Gasteiger charge is -2.27. The van der Waals surface area contributed by atoms with E-state index in [1.165, 1.54) is 78.7 Å². The van der Waals surface area contributed by atoms with E-state index >= 15 is 0 Å². The number of fused-ring (bicyclic) bond motifs is 9. The smallest absolute Gasteiger partial charge is 0.0640 e. The molecule has 0 amide bonds. The predicted molar refractivity (Wildman–Crippen MR) is 207 cm³/mol. The molecule has 0 atom stereocenters. The van der Waals surface area contributed by atoms with E-state index in [4.69, 9.17) is 0 Å². The summed E-state index contributed by atoms with van der Waals surface area (Å²) in [6, 6.07) is 60.2. The molecule has 10 rings (SSSR count). The van der Waals surface area contributed by atoms with Crippen LogP contribution in [0.15, 0.2) is 164 Å². The van der Waals surface area contributed by atoms with Crippen molar-refractivity contribution < 1.29 is 0 Å². The van der Waals surface area contributed by atoms with Crippen molar-refractivity contribution in [3.05, 3.63) is 164 Å². The number of anilines is 3. The van der Waals surface area contributed by atoms with Crippen molar-refractivity contribution in [1.82, 2.24) is 0 Å². The largest absolute Gasteiger partial charge is 0.309 e. The first-order valence-electron chi connectivity index (χ1n) is 15.9. The highest BCUT2D eigenvalue weighted by atomic mass is 32.1. The highest BCUT2D eigenvalue weighted by Crippen LogP contribution is 2.46. The number of thiophene rings is 2. The zero-order valence-electron chi connectivity index (χ0n) is 25.4. The van der Waals surface area contributed by atoms with E-state index in [-0.39, 0.29) is 0 Å². The maximum Gasteiger partial charge on any atom is 0.0640 e. The standard InChI is InChI=1S/C44H27NS2/c1-2-10-33-28(9-1)19-20-30-23-26-32(27-38(30)33)45(39-15-7-14-36-35-11-3-5-16-40(35)47-44(36)39)31-24-21-29(22-25-31)34-13-8-18-42-43(34)37-12-4-6-17-41(37)46-42/h1-27H. The Morgan fingerprint density at radius 1 is 0.383 bits per heavy atom. The van der Waals surface area contributed by atoms with E-state index < -0.39 is 0 Å². The summed E-state index contributed by atoms with van der Waals surface area (Å²) in [5.41, 5.74) is 5.99. The molecule has 2 heterocycles. The van der Waals surface area contributed by atoms with Crippen LogP contribution in [0.25, 0.3) is 73.0 Å². The summed E-state index contributed by atoms with van der Waals surface area (Å²) in [6.07, 6.45) is 0. The molecule has 0 aliphatic rings. The van der Waals surface area contributed by atoms with Crippen molar-refractivity contribution in [2.75, 3.05) is 4.90 Å². The second-order valence-corrected chi connectivity index (χ2v) is 14.2. The molecule has 220 valence electrons. The molecule has 0 N–H and O–H groups in total. The molecule has 0 aliphatic heterocycles. The first-order chi connectivity index (χ1) is 23.3. The van der Waals surface area contributed by atoms with Crippen molar-refractivity contribution >= 4 is 102 Å². The van der Waals surface area contributed by atoms with Crippen LogP contribution in [-0.2, 0) is 0 Å². The minimum atomic E-state index is 1.14. The van der Waals surface area contributed by atoms with Crippen LogP contribution in [-0.4, -0.2) is 0 Å². The molecule has 0 aliphatic carbocycles. The molecule has 0 bridgehead atoms. The first-order valence-corrected chi connectivity index (χ1v) is 17.6. The van der Waals surface area contributed by atoms with Crippen molar-refractivity contribution in [3.8, 4) is 11.1 Å². The van der Waals surface area contributed by atoms with Gasteiger partial charge in [0.25, 0.3) is 0 Å². The van der Waals surface area contributed by atoms with Gasteiger partial charge in [0.1, 0.15) is 0 Å². The van der Waals surface area contributed by atoms with Crippen LogP contribution in [0.2, 0.25) is 0 Å². The molecule has 0 saturated carbocycles. The normalized spacial score (nSPS) is 11.8. The molecule has 0 fully saturated rings. The lowest BCUT2D eigenvalue weighted by atomic mass is 9.98. The molecule has 8 aromatic carbocycles. The van der Waals surface area contributed by atoms with Gasteiger partial charge < -0.3 is 4.90 Å². The third kappa shape index (κ3) is 4.21. The second kappa shape index (κ2) is 10.5. The summed E-state index contributed by atoms with van der Waals surface area (Å²) < 4.78 is 5.27.